The average molecular weight is 220 g/mol. The van der Waals surface area contributed by atoms with Gasteiger partial charge in [-0.25, -0.2) is 4.39 Å². The summed E-state index contributed by atoms with van der Waals surface area (Å²) in [6.07, 6.45) is -3.89. The van der Waals surface area contributed by atoms with Gasteiger partial charge in [-0.1, -0.05) is 6.08 Å². The van der Waals surface area contributed by atoms with Crippen molar-refractivity contribution in [2.45, 2.75) is 12.6 Å². The van der Waals surface area contributed by atoms with Gasteiger partial charge in [-0.15, -0.1) is 6.58 Å². The SMILES string of the molecule is C=CCc1c(O)ccc(F)c1C(F)(F)F. The number of allylic oxidation sites excluding steroid dienone is 1. The Kier molecular flexibility index (Phi) is 3.02. The van der Waals surface area contributed by atoms with Crippen molar-refractivity contribution in [1.29, 1.82) is 0 Å². The number of hydrogen-bond donors (Lipinski definition) is 1. The first-order valence-electron chi connectivity index (χ1n) is 4.06. The van der Waals surface area contributed by atoms with Gasteiger partial charge in [-0.2, -0.15) is 13.2 Å². The van der Waals surface area contributed by atoms with Crippen LogP contribution in [-0.2, 0) is 12.6 Å². The lowest BCUT2D eigenvalue weighted by Crippen LogP contribution is -2.12. The van der Waals surface area contributed by atoms with E-state index in [0.29, 0.717) is 6.07 Å². The molecular weight excluding hydrogens is 212 g/mol. The minimum Gasteiger partial charge on any atom is -0.508 e. The number of phenolic OH excluding ortho intramolecular Hbond substituents is 1. The molecule has 0 atom stereocenters. The van der Waals surface area contributed by atoms with Crippen molar-refractivity contribution < 1.29 is 22.7 Å². The summed E-state index contributed by atoms with van der Waals surface area (Å²) in [6, 6.07) is 1.48. The molecule has 0 unspecified atom stereocenters. The molecule has 5 heteroatoms. The van der Waals surface area contributed by atoms with E-state index in [1.807, 2.05) is 0 Å². The summed E-state index contributed by atoms with van der Waals surface area (Å²) < 4.78 is 50.3. The van der Waals surface area contributed by atoms with Crippen LogP contribution in [0.25, 0.3) is 0 Å². The maximum Gasteiger partial charge on any atom is 0.419 e. The lowest BCUT2D eigenvalue weighted by molar-refractivity contribution is -0.140. The number of phenols is 1. The molecule has 1 aromatic rings. The molecule has 1 nitrogen and oxygen atoms in total. The third-order valence-electron chi connectivity index (χ3n) is 1.87. The third kappa shape index (κ3) is 2.29. The zero-order valence-corrected chi connectivity index (χ0v) is 7.61. The van der Waals surface area contributed by atoms with Crippen molar-refractivity contribution in [3.63, 3.8) is 0 Å². The smallest absolute Gasteiger partial charge is 0.419 e. The normalized spacial score (nSPS) is 11.5. The topological polar surface area (TPSA) is 20.2 Å². The fraction of sp³-hybridized carbons (Fsp3) is 0.200. The number of alkyl halides is 3. The van der Waals surface area contributed by atoms with E-state index in [0.717, 1.165) is 6.07 Å². The Bertz CT molecular complexity index is 382. The largest absolute Gasteiger partial charge is 0.508 e. The van der Waals surface area contributed by atoms with Gasteiger partial charge in [0.05, 0.1) is 5.56 Å². The van der Waals surface area contributed by atoms with E-state index >= 15 is 0 Å². The highest BCUT2D eigenvalue weighted by atomic mass is 19.4. The molecule has 0 aliphatic heterocycles. The fourth-order valence-corrected chi connectivity index (χ4v) is 1.27. The number of rotatable bonds is 2. The van der Waals surface area contributed by atoms with Gasteiger partial charge in [-0.05, 0) is 18.6 Å². The van der Waals surface area contributed by atoms with Crippen LogP contribution in [0, 0.1) is 5.82 Å². The van der Waals surface area contributed by atoms with Gasteiger partial charge in [0.25, 0.3) is 0 Å². The van der Waals surface area contributed by atoms with Crippen molar-refractivity contribution in [3.8, 4) is 5.75 Å². The first kappa shape index (κ1) is 11.6. The zero-order valence-electron chi connectivity index (χ0n) is 7.61. The number of aromatic hydroxyl groups is 1. The van der Waals surface area contributed by atoms with Crippen LogP contribution in [0.1, 0.15) is 11.1 Å². The number of benzene rings is 1. The highest BCUT2D eigenvalue weighted by Crippen LogP contribution is 2.37. The average Bonchev–Trinajstić information content (AvgIpc) is 2.09. The van der Waals surface area contributed by atoms with Crippen molar-refractivity contribution in [3.05, 3.63) is 41.7 Å². The van der Waals surface area contributed by atoms with Crippen molar-refractivity contribution >= 4 is 0 Å². The maximum absolute atomic E-state index is 13.0. The molecule has 0 saturated heterocycles. The first-order chi connectivity index (χ1) is 6.88. The van der Waals surface area contributed by atoms with Gasteiger partial charge in [0.15, 0.2) is 0 Å². The van der Waals surface area contributed by atoms with E-state index in [4.69, 9.17) is 0 Å². The van der Waals surface area contributed by atoms with E-state index in [9.17, 15) is 22.7 Å². The van der Waals surface area contributed by atoms with Crippen molar-refractivity contribution in [2.24, 2.45) is 0 Å². The summed E-state index contributed by atoms with van der Waals surface area (Å²) >= 11 is 0. The van der Waals surface area contributed by atoms with Crippen LogP contribution < -0.4 is 0 Å². The molecular formula is C10H8F4O. The summed E-state index contributed by atoms with van der Waals surface area (Å²) in [5.41, 5.74) is -1.92. The minimum atomic E-state index is -4.82. The predicted octanol–water partition coefficient (Wildman–Crippen LogP) is 3.28. The Balaban J connectivity index is 3.44. The van der Waals surface area contributed by atoms with Crippen LogP contribution >= 0.6 is 0 Å². The van der Waals surface area contributed by atoms with E-state index in [2.05, 4.69) is 6.58 Å². The first-order valence-corrected chi connectivity index (χ1v) is 4.06. The molecule has 0 aliphatic carbocycles. The van der Waals surface area contributed by atoms with E-state index < -0.39 is 28.9 Å². The van der Waals surface area contributed by atoms with Crippen LogP contribution in [0.4, 0.5) is 17.6 Å². The van der Waals surface area contributed by atoms with Crippen LogP contribution in [0.5, 0.6) is 5.75 Å². The second kappa shape index (κ2) is 3.92. The molecule has 1 aromatic carbocycles. The highest BCUT2D eigenvalue weighted by molar-refractivity contribution is 5.42. The standard InChI is InChI=1S/C10H8F4O/c1-2-3-6-8(15)5-4-7(11)9(6)10(12,13)14/h2,4-5,15H,1,3H2. The molecule has 0 saturated carbocycles. The van der Waals surface area contributed by atoms with Gasteiger partial charge < -0.3 is 5.11 Å². The molecule has 0 fully saturated rings. The molecule has 1 N–H and O–H groups in total. The number of halogens is 4. The Morgan fingerprint density at radius 3 is 2.40 bits per heavy atom. The Hall–Kier alpha value is -1.52. The fourth-order valence-electron chi connectivity index (χ4n) is 1.27. The summed E-state index contributed by atoms with van der Waals surface area (Å²) in [6.45, 7) is 3.25. The monoisotopic (exact) mass is 220 g/mol. The van der Waals surface area contributed by atoms with E-state index in [-0.39, 0.29) is 6.42 Å². The molecule has 0 radical (unpaired) electrons. The van der Waals surface area contributed by atoms with Crippen LogP contribution in [-0.4, -0.2) is 5.11 Å². The predicted molar refractivity (Wildman–Crippen MR) is 47.0 cm³/mol. The van der Waals surface area contributed by atoms with Gasteiger partial charge in [0, 0.05) is 5.56 Å². The van der Waals surface area contributed by atoms with E-state index in [1.54, 1.807) is 0 Å². The Morgan fingerprint density at radius 2 is 1.93 bits per heavy atom. The molecule has 15 heavy (non-hydrogen) atoms. The van der Waals surface area contributed by atoms with Gasteiger partial charge in [-0.3, -0.25) is 0 Å². The molecule has 0 bridgehead atoms. The Labute approximate surface area is 83.7 Å². The lowest BCUT2D eigenvalue weighted by atomic mass is 10.0. The second-order valence-electron chi connectivity index (χ2n) is 2.91. The molecule has 1 rings (SSSR count). The summed E-state index contributed by atoms with van der Waals surface area (Å²) in [4.78, 5) is 0. The molecule has 82 valence electrons. The number of hydrogen-bond acceptors (Lipinski definition) is 1. The van der Waals surface area contributed by atoms with Crippen LogP contribution in [0.15, 0.2) is 24.8 Å². The van der Waals surface area contributed by atoms with Crippen LogP contribution in [0.2, 0.25) is 0 Å². The van der Waals surface area contributed by atoms with Gasteiger partial charge in [0.2, 0.25) is 0 Å². The van der Waals surface area contributed by atoms with Crippen LogP contribution in [0.3, 0.4) is 0 Å². The van der Waals surface area contributed by atoms with Crippen molar-refractivity contribution in [2.75, 3.05) is 0 Å². The molecule has 0 aliphatic rings. The lowest BCUT2D eigenvalue weighted by Gasteiger charge is -2.13. The molecule has 0 heterocycles. The zero-order chi connectivity index (χ0) is 11.6. The third-order valence-corrected chi connectivity index (χ3v) is 1.87. The van der Waals surface area contributed by atoms with E-state index in [1.165, 1.54) is 6.08 Å². The van der Waals surface area contributed by atoms with Crippen molar-refractivity contribution in [1.82, 2.24) is 0 Å². The maximum atomic E-state index is 13.0. The molecule has 0 aromatic heterocycles. The van der Waals surface area contributed by atoms with Gasteiger partial charge >= 0.3 is 6.18 Å². The summed E-state index contributed by atoms with van der Waals surface area (Å²) in [5.74, 6) is -1.97. The Morgan fingerprint density at radius 1 is 1.33 bits per heavy atom. The van der Waals surface area contributed by atoms with Gasteiger partial charge in [0.1, 0.15) is 11.6 Å². The quantitative estimate of drug-likeness (QED) is 0.599. The second-order valence-corrected chi connectivity index (χ2v) is 2.91. The molecule has 0 spiro atoms. The summed E-state index contributed by atoms with van der Waals surface area (Å²) in [5, 5.41) is 9.20. The minimum absolute atomic E-state index is 0.238. The summed E-state index contributed by atoms with van der Waals surface area (Å²) in [7, 11) is 0. The molecule has 0 amide bonds. The highest BCUT2D eigenvalue weighted by Gasteiger charge is 2.37.